The lowest BCUT2D eigenvalue weighted by Gasteiger charge is -2.24. The summed E-state index contributed by atoms with van der Waals surface area (Å²) in [6.45, 7) is 5.42. The molecule has 0 saturated heterocycles. The van der Waals surface area contributed by atoms with Gasteiger partial charge in [0.25, 0.3) is 0 Å². The van der Waals surface area contributed by atoms with Gasteiger partial charge in [-0.2, -0.15) is 4.98 Å². The van der Waals surface area contributed by atoms with E-state index in [2.05, 4.69) is 10.1 Å². The van der Waals surface area contributed by atoms with Gasteiger partial charge in [-0.25, -0.2) is 0 Å². The van der Waals surface area contributed by atoms with Crippen molar-refractivity contribution in [2.24, 2.45) is 0 Å². The number of rotatable bonds is 3. The van der Waals surface area contributed by atoms with Crippen molar-refractivity contribution in [2.45, 2.75) is 19.3 Å². The maximum absolute atomic E-state index is 5.69. The van der Waals surface area contributed by atoms with E-state index in [1.807, 2.05) is 50.2 Å². The summed E-state index contributed by atoms with van der Waals surface area (Å²) < 4.78 is 27.7. The molecular formula is C20H18N2O5. The van der Waals surface area contributed by atoms with Gasteiger partial charge in [0.05, 0.1) is 5.41 Å². The van der Waals surface area contributed by atoms with Crippen molar-refractivity contribution in [3.63, 3.8) is 0 Å². The Bertz CT molecular complexity index is 1010. The average molecular weight is 366 g/mol. The monoisotopic (exact) mass is 366 g/mol. The number of aromatic nitrogens is 2. The third kappa shape index (κ3) is 2.66. The van der Waals surface area contributed by atoms with Crippen LogP contribution in [0.5, 0.6) is 23.0 Å². The Morgan fingerprint density at radius 1 is 0.815 bits per heavy atom. The number of nitrogens with zero attached hydrogens (tertiary/aromatic N) is 2. The molecule has 0 N–H and O–H groups in total. The van der Waals surface area contributed by atoms with Crippen LogP contribution in [0.4, 0.5) is 0 Å². The highest BCUT2D eigenvalue weighted by Crippen LogP contribution is 2.39. The van der Waals surface area contributed by atoms with Crippen LogP contribution in [0.3, 0.4) is 0 Å². The number of fused-ring (bicyclic) bond motifs is 2. The summed E-state index contributed by atoms with van der Waals surface area (Å²) >= 11 is 0. The van der Waals surface area contributed by atoms with Crippen molar-refractivity contribution in [3.05, 3.63) is 47.9 Å². The van der Waals surface area contributed by atoms with Crippen molar-refractivity contribution in [3.8, 4) is 34.4 Å². The molecule has 27 heavy (non-hydrogen) atoms. The molecule has 0 aliphatic carbocycles. The van der Waals surface area contributed by atoms with Gasteiger partial charge in [-0.05, 0) is 49.7 Å². The van der Waals surface area contributed by atoms with E-state index in [4.69, 9.17) is 23.5 Å². The summed E-state index contributed by atoms with van der Waals surface area (Å²) in [5, 5.41) is 4.15. The van der Waals surface area contributed by atoms with E-state index in [1.54, 1.807) is 0 Å². The van der Waals surface area contributed by atoms with Crippen LogP contribution in [0.2, 0.25) is 0 Å². The molecule has 2 aromatic carbocycles. The van der Waals surface area contributed by atoms with E-state index in [0.29, 0.717) is 30.7 Å². The summed E-state index contributed by atoms with van der Waals surface area (Å²) in [7, 11) is 0. The molecule has 0 bridgehead atoms. The van der Waals surface area contributed by atoms with Crippen LogP contribution in [0.25, 0.3) is 11.4 Å². The maximum Gasteiger partial charge on any atom is 0.237 e. The van der Waals surface area contributed by atoms with E-state index in [1.165, 1.54) is 0 Å². The molecule has 0 amide bonds. The Hall–Kier alpha value is -3.22. The Kier molecular flexibility index (Phi) is 3.50. The van der Waals surface area contributed by atoms with Crippen LogP contribution in [0.15, 0.2) is 40.9 Å². The number of hydrogen-bond acceptors (Lipinski definition) is 7. The largest absolute Gasteiger partial charge is 0.486 e. The quantitative estimate of drug-likeness (QED) is 0.701. The number of ether oxygens (including phenoxy) is 4. The van der Waals surface area contributed by atoms with Gasteiger partial charge in [-0.3, -0.25) is 0 Å². The van der Waals surface area contributed by atoms with Gasteiger partial charge in [0.2, 0.25) is 18.5 Å². The zero-order valence-electron chi connectivity index (χ0n) is 15.0. The average Bonchev–Trinajstić information content (AvgIpc) is 3.36. The van der Waals surface area contributed by atoms with E-state index < -0.39 is 5.41 Å². The van der Waals surface area contributed by atoms with Gasteiger partial charge in [-0.15, -0.1) is 0 Å². The molecule has 0 radical (unpaired) electrons. The number of hydrogen-bond donors (Lipinski definition) is 0. The first kappa shape index (κ1) is 16.0. The SMILES string of the molecule is CC(C)(c1ccc2c(c1)OCCO2)c1nc(-c2ccc3c(c2)OCO3)no1. The smallest absolute Gasteiger partial charge is 0.237 e. The summed E-state index contributed by atoms with van der Waals surface area (Å²) in [6.07, 6.45) is 0. The fraction of sp³-hybridized carbons (Fsp3) is 0.300. The summed E-state index contributed by atoms with van der Waals surface area (Å²) in [5.74, 6) is 3.93. The molecule has 3 aromatic rings. The Morgan fingerprint density at radius 2 is 1.52 bits per heavy atom. The van der Waals surface area contributed by atoms with Crippen molar-refractivity contribution in [1.29, 1.82) is 0 Å². The normalized spacial score (nSPS) is 15.0. The van der Waals surface area contributed by atoms with E-state index >= 15 is 0 Å². The van der Waals surface area contributed by atoms with E-state index in [0.717, 1.165) is 28.4 Å². The van der Waals surface area contributed by atoms with Crippen LogP contribution in [0.1, 0.15) is 25.3 Å². The van der Waals surface area contributed by atoms with E-state index in [-0.39, 0.29) is 6.79 Å². The van der Waals surface area contributed by atoms with Crippen molar-refractivity contribution in [2.75, 3.05) is 20.0 Å². The molecule has 0 saturated carbocycles. The predicted octanol–water partition coefficient (Wildman–Crippen LogP) is 3.56. The fourth-order valence-corrected chi connectivity index (χ4v) is 3.19. The molecule has 7 nitrogen and oxygen atoms in total. The van der Waals surface area contributed by atoms with Gasteiger partial charge in [0.15, 0.2) is 23.0 Å². The molecule has 138 valence electrons. The van der Waals surface area contributed by atoms with Gasteiger partial charge in [0.1, 0.15) is 13.2 Å². The molecule has 0 spiro atoms. The predicted molar refractivity (Wildman–Crippen MR) is 95.4 cm³/mol. The van der Waals surface area contributed by atoms with Crippen molar-refractivity contribution >= 4 is 0 Å². The van der Waals surface area contributed by atoms with Gasteiger partial charge >= 0.3 is 0 Å². The third-order valence-electron chi connectivity index (χ3n) is 4.86. The highest BCUT2D eigenvalue weighted by atomic mass is 16.7. The molecule has 5 rings (SSSR count). The first-order valence-corrected chi connectivity index (χ1v) is 8.75. The summed E-state index contributed by atoms with van der Waals surface area (Å²) in [6, 6.07) is 11.5. The maximum atomic E-state index is 5.69. The van der Waals surface area contributed by atoms with Crippen LogP contribution >= 0.6 is 0 Å². The second kappa shape index (κ2) is 5.90. The minimum atomic E-state index is -0.489. The summed E-state index contributed by atoms with van der Waals surface area (Å²) in [4.78, 5) is 4.62. The van der Waals surface area contributed by atoms with Gasteiger partial charge < -0.3 is 23.5 Å². The molecular weight excluding hydrogens is 348 g/mol. The Labute approximate surface area is 155 Å². The zero-order valence-corrected chi connectivity index (χ0v) is 15.0. The molecule has 1 aromatic heterocycles. The molecule has 0 atom stereocenters. The van der Waals surface area contributed by atoms with Gasteiger partial charge in [0, 0.05) is 5.56 Å². The Morgan fingerprint density at radius 3 is 2.41 bits per heavy atom. The summed E-state index contributed by atoms with van der Waals surface area (Å²) in [5.41, 5.74) is 1.33. The minimum absolute atomic E-state index is 0.230. The topological polar surface area (TPSA) is 75.8 Å². The van der Waals surface area contributed by atoms with Gasteiger partial charge in [-0.1, -0.05) is 11.2 Å². The first-order chi connectivity index (χ1) is 13.1. The third-order valence-corrected chi connectivity index (χ3v) is 4.86. The molecule has 0 unspecified atom stereocenters. The lowest BCUT2D eigenvalue weighted by Crippen LogP contribution is -2.21. The standard InChI is InChI=1S/C20H18N2O5/c1-20(2,13-4-6-14-17(10-13)24-8-7-23-14)19-21-18(22-27-19)12-3-5-15-16(9-12)26-11-25-15/h3-6,9-10H,7-8,11H2,1-2H3. The molecule has 0 fully saturated rings. The minimum Gasteiger partial charge on any atom is -0.486 e. The van der Waals surface area contributed by atoms with Crippen LogP contribution in [-0.2, 0) is 5.41 Å². The fourth-order valence-electron chi connectivity index (χ4n) is 3.19. The first-order valence-electron chi connectivity index (χ1n) is 8.75. The second-order valence-electron chi connectivity index (χ2n) is 6.97. The molecule has 3 heterocycles. The lowest BCUT2D eigenvalue weighted by molar-refractivity contribution is 0.171. The van der Waals surface area contributed by atoms with E-state index in [9.17, 15) is 0 Å². The van der Waals surface area contributed by atoms with Crippen LogP contribution in [0, 0.1) is 0 Å². The van der Waals surface area contributed by atoms with Crippen LogP contribution < -0.4 is 18.9 Å². The number of benzene rings is 2. The lowest BCUT2D eigenvalue weighted by atomic mass is 9.84. The van der Waals surface area contributed by atoms with Crippen LogP contribution in [-0.4, -0.2) is 30.1 Å². The molecule has 7 heteroatoms. The van der Waals surface area contributed by atoms with Crippen molar-refractivity contribution in [1.82, 2.24) is 10.1 Å². The zero-order chi connectivity index (χ0) is 18.4. The highest BCUT2D eigenvalue weighted by molar-refractivity contribution is 5.61. The molecule has 2 aliphatic rings. The second-order valence-corrected chi connectivity index (χ2v) is 6.97. The Balaban J connectivity index is 1.48. The van der Waals surface area contributed by atoms with Crippen molar-refractivity contribution < 1.29 is 23.5 Å². The highest BCUT2D eigenvalue weighted by Gasteiger charge is 2.31. The molecule has 2 aliphatic heterocycles.